The van der Waals surface area contributed by atoms with E-state index in [1.807, 2.05) is 0 Å². The van der Waals surface area contributed by atoms with Crippen molar-refractivity contribution in [3.63, 3.8) is 0 Å². The molecular weight excluding hydrogens is 246 g/mol. The summed E-state index contributed by atoms with van der Waals surface area (Å²) in [4.78, 5) is 9.85. The fraction of sp³-hybridized carbons (Fsp3) is 0.471. The molecule has 1 aromatic heterocycles. The molecule has 104 valence electrons. The van der Waals surface area contributed by atoms with Crippen molar-refractivity contribution in [1.82, 2.24) is 9.88 Å². The van der Waals surface area contributed by atoms with Gasteiger partial charge >= 0.3 is 0 Å². The van der Waals surface area contributed by atoms with Crippen LogP contribution in [0, 0.1) is 5.92 Å². The molecule has 3 nitrogen and oxygen atoms in total. The molecule has 0 atom stereocenters. The Hall–Kier alpha value is -1.61. The summed E-state index contributed by atoms with van der Waals surface area (Å²) in [5, 5.41) is 1.23. The summed E-state index contributed by atoms with van der Waals surface area (Å²) in [5.41, 5.74) is 1.10. The van der Waals surface area contributed by atoms with E-state index in [4.69, 9.17) is 4.98 Å². The molecule has 0 bridgehead atoms. The number of hydrogen-bond acceptors (Lipinski definition) is 3. The van der Waals surface area contributed by atoms with Crippen LogP contribution in [0.4, 0.5) is 5.82 Å². The molecule has 2 aliphatic rings. The summed E-state index contributed by atoms with van der Waals surface area (Å²) in [7, 11) is 0. The van der Waals surface area contributed by atoms with Crippen LogP contribution in [0.25, 0.3) is 10.9 Å². The first-order valence-electron chi connectivity index (χ1n) is 7.71. The van der Waals surface area contributed by atoms with Crippen LogP contribution in [-0.2, 0) is 0 Å². The van der Waals surface area contributed by atoms with E-state index in [2.05, 4.69) is 46.2 Å². The summed E-state index contributed by atoms with van der Waals surface area (Å²) in [6.45, 7) is 5.91. The molecule has 2 fully saturated rings. The van der Waals surface area contributed by atoms with Gasteiger partial charge in [-0.2, -0.15) is 0 Å². The van der Waals surface area contributed by atoms with Crippen molar-refractivity contribution in [2.75, 3.05) is 37.6 Å². The monoisotopic (exact) mass is 267 g/mol. The van der Waals surface area contributed by atoms with Crippen molar-refractivity contribution < 1.29 is 0 Å². The highest BCUT2D eigenvalue weighted by molar-refractivity contribution is 5.80. The minimum Gasteiger partial charge on any atom is -0.354 e. The number of aromatic nitrogens is 1. The third-order valence-corrected chi connectivity index (χ3v) is 4.49. The van der Waals surface area contributed by atoms with Crippen molar-refractivity contribution in [3.05, 3.63) is 36.4 Å². The average Bonchev–Trinajstić information content (AvgIpc) is 3.32. The van der Waals surface area contributed by atoms with Crippen molar-refractivity contribution in [3.8, 4) is 0 Å². The van der Waals surface area contributed by atoms with Crippen LogP contribution in [0.15, 0.2) is 36.4 Å². The third-order valence-electron chi connectivity index (χ3n) is 4.49. The van der Waals surface area contributed by atoms with E-state index in [0.29, 0.717) is 0 Å². The summed E-state index contributed by atoms with van der Waals surface area (Å²) in [6, 6.07) is 12.7. The molecule has 2 heterocycles. The topological polar surface area (TPSA) is 19.4 Å². The average molecular weight is 267 g/mol. The molecule has 4 rings (SSSR count). The van der Waals surface area contributed by atoms with Crippen LogP contribution in [0.5, 0.6) is 0 Å². The van der Waals surface area contributed by atoms with E-state index in [0.717, 1.165) is 30.3 Å². The van der Waals surface area contributed by atoms with Crippen LogP contribution in [0.2, 0.25) is 0 Å². The van der Waals surface area contributed by atoms with Gasteiger partial charge in [0.15, 0.2) is 0 Å². The van der Waals surface area contributed by atoms with Crippen molar-refractivity contribution in [2.45, 2.75) is 12.8 Å². The van der Waals surface area contributed by atoms with E-state index in [9.17, 15) is 0 Å². The molecule has 1 saturated carbocycles. The van der Waals surface area contributed by atoms with Gasteiger partial charge < -0.3 is 4.90 Å². The number of rotatable bonds is 3. The summed E-state index contributed by atoms with van der Waals surface area (Å²) in [6.07, 6.45) is 2.90. The lowest BCUT2D eigenvalue weighted by Gasteiger charge is -2.35. The van der Waals surface area contributed by atoms with Crippen LogP contribution in [-0.4, -0.2) is 42.6 Å². The van der Waals surface area contributed by atoms with Gasteiger partial charge in [-0.3, -0.25) is 4.90 Å². The van der Waals surface area contributed by atoms with E-state index in [-0.39, 0.29) is 0 Å². The Labute approximate surface area is 120 Å². The van der Waals surface area contributed by atoms with E-state index in [1.54, 1.807) is 0 Å². The van der Waals surface area contributed by atoms with Gasteiger partial charge in [-0.05, 0) is 37.0 Å². The van der Waals surface area contributed by atoms with Gasteiger partial charge in [0.1, 0.15) is 5.82 Å². The molecule has 0 unspecified atom stereocenters. The van der Waals surface area contributed by atoms with Gasteiger partial charge in [0.25, 0.3) is 0 Å². The molecule has 0 spiro atoms. The fourth-order valence-corrected chi connectivity index (χ4v) is 3.06. The van der Waals surface area contributed by atoms with Crippen LogP contribution >= 0.6 is 0 Å². The Bertz CT molecular complexity index is 598. The predicted octanol–water partition coefficient (Wildman–Crippen LogP) is 2.77. The third kappa shape index (κ3) is 2.50. The van der Waals surface area contributed by atoms with Crippen molar-refractivity contribution >= 4 is 16.7 Å². The van der Waals surface area contributed by atoms with E-state index in [1.165, 1.54) is 37.9 Å². The fourth-order valence-electron chi connectivity index (χ4n) is 3.06. The maximum atomic E-state index is 4.80. The second kappa shape index (κ2) is 5.06. The summed E-state index contributed by atoms with van der Waals surface area (Å²) < 4.78 is 0. The number of anilines is 1. The van der Waals surface area contributed by atoms with Crippen LogP contribution in [0.3, 0.4) is 0 Å². The standard InChI is InChI=1S/C17H21N3/c1-2-4-16-15(3-1)7-8-17(18-16)20-11-9-19(10-12-20)13-14-5-6-14/h1-4,7-8,14H,5-6,9-13H2. The number of hydrogen-bond donors (Lipinski definition) is 0. The zero-order chi connectivity index (χ0) is 13.4. The molecule has 1 saturated heterocycles. The van der Waals surface area contributed by atoms with Gasteiger partial charge in [0.05, 0.1) is 5.52 Å². The largest absolute Gasteiger partial charge is 0.354 e. The highest BCUT2D eigenvalue weighted by Gasteiger charge is 2.26. The molecule has 0 radical (unpaired) electrons. The number of fused-ring (bicyclic) bond motifs is 1. The lowest BCUT2D eigenvalue weighted by atomic mass is 10.2. The second-order valence-corrected chi connectivity index (χ2v) is 6.09. The lowest BCUT2D eigenvalue weighted by Crippen LogP contribution is -2.47. The number of para-hydroxylation sites is 1. The summed E-state index contributed by atoms with van der Waals surface area (Å²) in [5.74, 6) is 2.13. The minimum atomic E-state index is 1.00. The highest BCUT2D eigenvalue weighted by atomic mass is 15.3. The molecule has 0 amide bonds. The number of piperazine rings is 1. The molecular formula is C17H21N3. The van der Waals surface area contributed by atoms with Gasteiger partial charge in [0, 0.05) is 38.1 Å². The van der Waals surface area contributed by atoms with Gasteiger partial charge in [0.2, 0.25) is 0 Å². The normalized spacial score (nSPS) is 20.5. The van der Waals surface area contributed by atoms with E-state index >= 15 is 0 Å². The molecule has 2 aromatic rings. The van der Waals surface area contributed by atoms with E-state index < -0.39 is 0 Å². The lowest BCUT2D eigenvalue weighted by molar-refractivity contribution is 0.247. The zero-order valence-electron chi connectivity index (χ0n) is 11.8. The predicted molar refractivity (Wildman–Crippen MR) is 83.1 cm³/mol. The molecule has 1 aliphatic heterocycles. The highest BCUT2D eigenvalue weighted by Crippen LogP contribution is 2.30. The Morgan fingerprint density at radius 1 is 0.950 bits per heavy atom. The Balaban J connectivity index is 1.46. The number of pyridine rings is 1. The van der Waals surface area contributed by atoms with Gasteiger partial charge in [-0.15, -0.1) is 0 Å². The molecule has 20 heavy (non-hydrogen) atoms. The quantitative estimate of drug-likeness (QED) is 0.852. The molecule has 1 aliphatic carbocycles. The first kappa shape index (κ1) is 12.2. The van der Waals surface area contributed by atoms with Gasteiger partial charge in [-0.1, -0.05) is 18.2 Å². The van der Waals surface area contributed by atoms with Crippen molar-refractivity contribution in [2.24, 2.45) is 5.92 Å². The number of benzene rings is 1. The van der Waals surface area contributed by atoms with Crippen molar-refractivity contribution in [1.29, 1.82) is 0 Å². The first-order chi connectivity index (χ1) is 9.88. The zero-order valence-corrected chi connectivity index (χ0v) is 11.8. The Morgan fingerprint density at radius 2 is 1.75 bits per heavy atom. The maximum Gasteiger partial charge on any atom is 0.129 e. The SMILES string of the molecule is c1ccc2nc(N3CCN(CC4CC4)CC3)ccc2c1. The number of nitrogens with zero attached hydrogens (tertiary/aromatic N) is 3. The molecule has 1 aromatic carbocycles. The second-order valence-electron chi connectivity index (χ2n) is 6.09. The smallest absolute Gasteiger partial charge is 0.129 e. The first-order valence-corrected chi connectivity index (χ1v) is 7.71. The van der Waals surface area contributed by atoms with Gasteiger partial charge in [-0.25, -0.2) is 4.98 Å². The van der Waals surface area contributed by atoms with Crippen LogP contribution in [0.1, 0.15) is 12.8 Å². The Morgan fingerprint density at radius 3 is 2.55 bits per heavy atom. The maximum absolute atomic E-state index is 4.80. The Kier molecular flexibility index (Phi) is 3.07. The molecule has 0 N–H and O–H groups in total. The summed E-state index contributed by atoms with van der Waals surface area (Å²) >= 11 is 0. The minimum absolute atomic E-state index is 1.00. The van der Waals surface area contributed by atoms with Crippen LogP contribution < -0.4 is 4.90 Å². The molecule has 3 heteroatoms.